The molecule has 1 aliphatic carbocycles. The maximum atomic E-state index is 11.4. The van der Waals surface area contributed by atoms with Gasteiger partial charge >= 0.3 is 0 Å². The molecule has 98 valence electrons. The first-order valence-corrected chi connectivity index (χ1v) is 6.64. The summed E-state index contributed by atoms with van der Waals surface area (Å²) in [6, 6.07) is 11.3. The van der Waals surface area contributed by atoms with Crippen LogP contribution in [0.2, 0.25) is 0 Å². The lowest BCUT2D eigenvalue weighted by molar-refractivity contribution is 0.882. The zero-order valence-electron chi connectivity index (χ0n) is 10.8. The van der Waals surface area contributed by atoms with Crippen LogP contribution in [0.25, 0.3) is 22.2 Å². The molecular weight excluding hydrogens is 250 g/mol. The summed E-state index contributed by atoms with van der Waals surface area (Å²) in [4.78, 5) is 19.1. The van der Waals surface area contributed by atoms with Crippen molar-refractivity contribution >= 4 is 16.6 Å². The fourth-order valence-corrected chi connectivity index (χ4v) is 2.94. The van der Waals surface area contributed by atoms with Gasteiger partial charge < -0.3 is 10.7 Å². The molecule has 1 aliphatic rings. The number of aromatic nitrogens is 2. The first-order chi connectivity index (χ1) is 9.74. The molecule has 3 N–H and O–H groups in total. The van der Waals surface area contributed by atoms with E-state index in [2.05, 4.69) is 4.98 Å². The molecule has 0 amide bonds. The molecule has 0 atom stereocenters. The van der Waals surface area contributed by atoms with Gasteiger partial charge in [0.1, 0.15) is 0 Å². The third-order valence-corrected chi connectivity index (χ3v) is 3.92. The molecular formula is C16H13N3O. The van der Waals surface area contributed by atoms with Gasteiger partial charge in [-0.25, -0.2) is 4.98 Å². The summed E-state index contributed by atoms with van der Waals surface area (Å²) in [5.41, 5.74) is 11.9. The number of aromatic amines is 1. The molecule has 0 radical (unpaired) electrons. The first kappa shape index (κ1) is 11.2. The Morgan fingerprint density at radius 1 is 1.10 bits per heavy atom. The number of H-pyrrole nitrogens is 1. The number of fused-ring (bicyclic) bond motifs is 4. The van der Waals surface area contributed by atoms with E-state index in [1.807, 2.05) is 30.3 Å². The molecule has 4 nitrogen and oxygen atoms in total. The fourth-order valence-electron chi connectivity index (χ4n) is 2.94. The Morgan fingerprint density at radius 2 is 1.95 bits per heavy atom. The fraction of sp³-hybridized carbons (Fsp3) is 0.125. The summed E-state index contributed by atoms with van der Waals surface area (Å²) in [5, 5.41) is 0.999. The molecule has 20 heavy (non-hydrogen) atoms. The van der Waals surface area contributed by atoms with Crippen LogP contribution in [-0.2, 0) is 12.8 Å². The zero-order valence-corrected chi connectivity index (χ0v) is 10.8. The number of nitrogen functional groups attached to an aromatic ring is 1. The van der Waals surface area contributed by atoms with Crippen LogP contribution >= 0.6 is 0 Å². The van der Waals surface area contributed by atoms with Crippen LogP contribution < -0.4 is 11.3 Å². The Morgan fingerprint density at radius 3 is 2.85 bits per heavy atom. The van der Waals surface area contributed by atoms with Gasteiger partial charge in [-0.2, -0.15) is 0 Å². The highest BCUT2D eigenvalue weighted by molar-refractivity contribution is 5.95. The van der Waals surface area contributed by atoms with Gasteiger partial charge in [-0.05, 0) is 25.0 Å². The number of nitrogens with two attached hydrogens (primary N) is 1. The summed E-state index contributed by atoms with van der Waals surface area (Å²) in [6.07, 6.45) is 1.61. The Bertz CT molecular complexity index is 896. The van der Waals surface area contributed by atoms with Gasteiger partial charge in [-0.15, -0.1) is 0 Å². The SMILES string of the molecule is Nc1c2c(nc3ccccc13)-c1ccc(=O)[nH]c1CC2. The van der Waals surface area contributed by atoms with Crippen molar-refractivity contribution in [2.24, 2.45) is 0 Å². The molecule has 0 unspecified atom stereocenters. The second-order valence-corrected chi connectivity index (χ2v) is 5.08. The van der Waals surface area contributed by atoms with Crippen molar-refractivity contribution in [2.45, 2.75) is 12.8 Å². The predicted molar refractivity (Wildman–Crippen MR) is 79.6 cm³/mol. The molecule has 0 saturated carbocycles. The summed E-state index contributed by atoms with van der Waals surface area (Å²) >= 11 is 0. The van der Waals surface area contributed by atoms with Crippen LogP contribution in [-0.4, -0.2) is 9.97 Å². The van der Waals surface area contributed by atoms with Gasteiger partial charge in [0.25, 0.3) is 0 Å². The topological polar surface area (TPSA) is 71.8 Å². The Labute approximate surface area is 115 Å². The van der Waals surface area contributed by atoms with E-state index in [0.29, 0.717) is 0 Å². The first-order valence-electron chi connectivity index (χ1n) is 6.64. The van der Waals surface area contributed by atoms with Gasteiger partial charge in [-0.1, -0.05) is 18.2 Å². The van der Waals surface area contributed by atoms with E-state index >= 15 is 0 Å². The van der Waals surface area contributed by atoms with E-state index in [4.69, 9.17) is 10.7 Å². The minimum absolute atomic E-state index is 0.0686. The summed E-state index contributed by atoms with van der Waals surface area (Å²) in [7, 11) is 0. The average Bonchev–Trinajstić information content (AvgIpc) is 2.47. The monoisotopic (exact) mass is 263 g/mol. The van der Waals surface area contributed by atoms with Crippen LogP contribution in [0.5, 0.6) is 0 Å². The smallest absolute Gasteiger partial charge is 0.248 e. The number of pyridine rings is 2. The number of benzene rings is 1. The number of nitrogens with one attached hydrogen (secondary N) is 1. The number of hydrogen-bond acceptors (Lipinski definition) is 3. The minimum atomic E-state index is -0.0686. The lowest BCUT2D eigenvalue weighted by Gasteiger charge is -2.21. The minimum Gasteiger partial charge on any atom is -0.398 e. The van der Waals surface area contributed by atoms with E-state index in [1.54, 1.807) is 6.07 Å². The molecule has 2 aromatic heterocycles. The highest BCUT2D eigenvalue weighted by Crippen LogP contribution is 2.36. The van der Waals surface area contributed by atoms with Crippen molar-refractivity contribution in [3.05, 3.63) is 58.0 Å². The molecule has 3 aromatic rings. The van der Waals surface area contributed by atoms with Gasteiger partial charge in [0, 0.05) is 34.0 Å². The Hall–Kier alpha value is -2.62. The van der Waals surface area contributed by atoms with Crippen LogP contribution in [0.4, 0.5) is 5.69 Å². The van der Waals surface area contributed by atoms with Crippen molar-refractivity contribution in [1.29, 1.82) is 0 Å². The van der Waals surface area contributed by atoms with E-state index in [9.17, 15) is 4.79 Å². The average molecular weight is 263 g/mol. The summed E-state index contributed by atoms with van der Waals surface area (Å²) in [6.45, 7) is 0. The second kappa shape index (κ2) is 3.93. The quantitative estimate of drug-likeness (QED) is 0.653. The number of nitrogens with zero attached hydrogens (tertiary/aromatic N) is 1. The van der Waals surface area contributed by atoms with Gasteiger partial charge in [-0.3, -0.25) is 4.79 Å². The maximum Gasteiger partial charge on any atom is 0.248 e. The molecule has 0 fully saturated rings. The van der Waals surface area contributed by atoms with Crippen molar-refractivity contribution in [1.82, 2.24) is 9.97 Å². The summed E-state index contributed by atoms with van der Waals surface area (Å²) < 4.78 is 0. The van der Waals surface area contributed by atoms with E-state index in [1.165, 1.54) is 0 Å². The van der Waals surface area contributed by atoms with E-state index in [-0.39, 0.29) is 5.56 Å². The number of para-hydroxylation sites is 1. The van der Waals surface area contributed by atoms with Crippen LogP contribution in [0.3, 0.4) is 0 Å². The van der Waals surface area contributed by atoms with Crippen molar-refractivity contribution in [3.63, 3.8) is 0 Å². The van der Waals surface area contributed by atoms with Crippen LogP contribution in [0.1, 0.15) is 11.3 Å². The van der Waals surface area contributed by atoms with Crippen molar-refractivity contribution in [2.75, 3.05) is 5.73 Å². The number of rotatable bonds is 0. The van der Waals surface area contributed by atoms with E-state index < -0.39 is 0 Å². The molecule has 0 spiro atoms. The largest absolute Gasteiger partial charge is 0.398 e. The molecule has 0 aliphatic heterocycles. The normalized spacial score (nSPS) is 13.0. The molecule has 0 bridgehead atoms. The lowest BCUT2D eigenvalue weighted by Crippen LogP contribution is -2.15. The maximum absolute atomic E-state index is 11.4. The van der Waals surface area contributed by atoms with Crippen molar-refractivity contribution < 1.29 is 0 Å². The summed E-state index contributed by atoms with van der Waals surface area (Å²) in [5.74, 6) is 0. The second-order valence-electron chi connectivity index (χ2n) is 5.08. The highest BCUT2D eigenvalue weighted by Gasteiger charge is 2.21. The van der Waals surface area contributed by atoms with Gasteiger partial charge in [0.15, 0.2) is 0 Å². The standard InChI is InChI=1S/C16H13N3O/c17-15-9-3-1-2-4-12(9)19-16-10-6-8-14(20)18-13(10)7-5-11(15)16/h1-4,6,8H,5,7H2,(H2,17,19)(H,18,20). The lowest BCUT2D eigenvalue weighted by atomic mass is 9.90. The number of aryl methyl sites for hydroxylation is 1. The Kier molecular flexibility index (Phi) is 2.21. The zero-order chi connectivity index (χ0) is 13.7. The van der Waals surface area contributed by atoms with Gasteiger partial charge in [0.05, 0.1) is 11.2 Å². The molecule has 1 aromatic carbocycles. The Balaban J connectivity index is 2.10. The molecule has 4 heteroatoms. The van der Waals surface area contributed by atoms with Crippen LogP contribution in [0.15, 0.2) is 41.2 Å². The third-order valence-electron chi connectivity index (χ3n) is 3.92. The van der Waals surface area contributed by atoms with Crippen LogP contribution in [0, 0.1) is 0 Å². The third kappa shape index (κ3) is 1.48. The molecule has 0 saturated heterocycles. The predicted octanol–water partition coefficient (Wildman–Crippen LogP) is 2.27. The highest BCUT2D eigenvalue weighted by atomic mass is 16.1. The van der Waals surface area contributed by atoms with Crippen molar-refractivity contribution in [3.8, 4) is 11.3 Å². The van der Waals surface area contributed by atoms with Gasteiger partial charge in [0.2, 0.25) is 5.56 Å². The number of hydrogen-bond donors (Lipinski definition) is 2. The molecule has 4 rings (SSSR count). The number of anilines is 1. The molecule has 2 heterocycles. The van der Waals surface area contributed by atoms with E-state index in [0.717, 1.165) is 51.9 Å².